The van der Waals surface area contributed by atoms with Crippen LogP contribution < -0.4 is 5.32 Å². The number of nitrogens with zero attached hydrogens (tertiary/aromatic N) is 2. The zero-order valence-corrected chi connectivity index (χ0v) is 16.3. The number of aliphatic imine (C=N–C) groups is 1. The molecule has 22 heavy (non-hydrogen) atoms. The number of halogens is 1. The molecule has 0 aromatic heterocycles. The molecule has 0 bridgehead atoms. The second-order valence-electron chi connectivity index (χ2n) is 5.33. The zero-order chi connectivity index (χ0) is 15.5. The minimum Gasteiger partial charge on any atom is -0.469 e. The Kier molecular flexibility index (Phi) is 12.6. The predicted octanol–water partition coefficient (Wildman–Crippen LogP) is 1.88. The molecule has 0 spiro atoms. The predicted molar refractivity (Wildman–Crippen MR) is 98.8 cm³/mol. The molecule has 0 aromatic carbocycles. The van der Waals surface area contributed by atoms with Crippen LogP contribution in [0, 0.1) is 5.92 Å². The fourth-order valence-electron chi connectivity index (χ4n) is 2.34. The van der Waals surface area contributed by atoms with Gasteiger partial charge in [0.2, 0.25) is 0 Å². The van der Waals surface area contributed by atoms with Crippen molar-refractivity contribution in [3.05, 3.63) is 0 Å². The highest BCUT2D eigenvalue weighted by molar-refractivity contribution is 14.0. The summed E-state index contributed by atoms with van der Waals surface area (Å²) in [5.41, 5.74) is 0. The smallest absolute Gasteiger partial charge is 0.307 e. The van der Waals surface area contributed by atoms with Gasteiger partial charge in [-0.2, -0.15) is 0 Å². The van der Waals surface area contributed by atoms with Crippen molar-refractivity contribution in [3.63, 3.8) is 0 Å². The van der Waals surface area contributed by atoms with Gasteiger partial charge in [0, 0.05) is 33.4 Å². The molecule has 6 nitrogen and oxygen atoms in total. The number of hydrogen-bond donors (Lipinski definition) is 1. The highest BCUT2D eigenvalue weighted by Gasteiger charge is 2.15. The Hall–Kier alpha value is -0.570. The summed E-state index contributed by atoms with van der Waals surface area (Å²) in [7, 11) is 3.44. The molecule has 0 aromatic rings. The maximum Gasteiger partial charge on any atom is 0.307 e. The average Bonchev–Trinajstić information content (AvgIpc) is 2.52. The van der Waals surface area contributed by atoms with Gasteiger partial charge < -0.3 is 19.7 Å². The highest BCUT2D eigenvalue weighted by Crippen LogP contribution is 2.18. The standard InChI is InChI=1S/C15H29N3O3.HI/c1-4-16-15(17-9-5-14(19)20-3)18(2)10-6-13-7-11-21-12-8-13;/h13H,4-12H2,1-3H3,(H,16,17);1H. The summed E-state index contributed by atoms with van der Waals surface area (Å²) in [6.45, 7) is 6.06. The second kappa shape index (κ2) is 12.9. The maximum atomic E-state index is 11.1. The Balaban J connectivity index is 0.00000441. The molecular formula is C15H30IN3O3. The molecule has 1 aliphatic heterocycles. The van der Waals surface area contributed by atoms with Gasteiger partial charge in [-0.1, -0.05) is 0 Å². The normalized spacial score (nSPS) is 15.9. The largest absolute Gasteiger partial charge is 0.469 e. The van der Waals surface area contributed by atoms with E-state index in [-0.39, 0.29) is 29.9 Å². The number of carbonyl (C=O) groups excluding carboxylic acids is 1. The third-order valence-electron chi connectivity index (χ3n) is 3.72. The van der Waals surface area contributed by atoms with E-state index in [1.54, 1.807) is 0 Å². The average molecular weight is 427 g/mol. The molecule has 1 N–H and O–H groups in total. The van der Waals surface area contributed by atoms with E-state index < -0.39 is 0 Å². The van der Waals surface area contributed by atoms with Crippen molar-refractivity contribution in [1.82, 2.24) is 10.2 Å². The van der Waals surface area contributed by atoms with Gasteiger partial charge in [-0.05, 0) is 32.1 Å². The number of hydrogen-bond acceptors (Lipinski definition) is 4. The van der Waals surface area contributed by atoms with E-state index in [2.05, 4.69) is 19.9 Å². The lowest BCUT2D eigenvalue weighted by atomic mass is 9.96. The number of ether oxygens (including phenoxy) is 2. The molecule has 130 valence electrons. The van der Waals surface area contributed by atoms with Crippen LogP contribution in [0.1, 0.15) is 32.6 Å². The Morgan fingerprint density at radius 3 is 2.68 bits per heavy atom. The first kappa shape index (κ1) is 21.4. The molecule has 0 radical (unpaired) electrons. The van der Waals surface area contributed by atoms with Crippen LogP contribution in [0.4, 0.5) is 0 Å². The Bertz CT molecular complexity index is 334. The van der Waals surface area contributed by atoms with Crippen LogP contribution in [0.15, 0.2) is 4.99 Å². The van der Waals surface area contributed by atoms with Crippen LogP contribution in [0.2, 0.25) is 0 Å². The summed E-state index contributed by atoms with van der Waals surface area (Å²) in [6, 6.07) is 0. The number of esters is 1. The molecular weight excluding hydrogens is 397 g/mol. The first-order valence-electron chi connectivity index (χ1n) is 7.81. The van der Waals surface area contributed by atoms with Crippen molar-refractivity contribution in [2.45, 2.75) is 32.6 Å². The van der Waals surface area contributed by atoms with Crippen molar-refractivity contribution in [2.75, 3.05) is 47.0 Å². The van der Waals surface area contributed by atoms with Crippen LogP contribution in [0.25, 0.3) is 0 Å². The van der Waals surface area contributed by atoms with E-state index in [0.29, 0.717) is 13.0 Å². The van der Waals surface area contributed by atoms with E-state index in [0.717, 1.165) is 57.4 Å². The van der Waals surface area contributed by atoms with E-state index in [1.165, 1.54) is 7.11 Å². The van der Waals surface area contributed by atoms with E-state index in [1.807, 2.05) is 14.0 Å². The topological polar surface area (TPSA) is 63.2 Å². The molecule has 1 aliphatic rings. The second-order valence-corrected chi connectivity index (χ2v) is 5.33. The Labute approximate surface area is 151 Å². The molecule has 0 amide bonds. The number of carbonyl (C=O) groups is 1. The number of methoxy groups -OCH3 is 1. The van der Waals surface area contributed by atoms with Gasteiger partial charge in [0.05, 0.1) is 20.1 Å². The van der Waals surface area contributed by atoms with Crippen molar-refractivity contribution >= 4 is 35.9 Å². The molecule has 0 aliphatic carbocycles. The molecule has 7 heteroatoms. The quantitative estimate of drug-likeness (QED) is 0.291. The summed E-state index contributed by atoms with van der Waals surface area (Å²) in [6.07, 6.45) is 3.79. The van der Waals surface area contributed by atoms with Crippen molar-refractivity contribution < 1.29 is 14.3 Å². The summed E-state index contributed by atoms with van der Waals surface area (Å²) in [5, 5.41) is 3.26. The summed E-state index contributed by atoms with van der Waals surface area (Å²) < 4.78 is 10.0. The Morgan fingerprint density at radius 2 is 2.09 bits per heavy atom. The highest BCUT2D eigenvalue weighted by atomic mass is 127. The van der Waals surface area contributed by atoms with E-state index in [4.69, 9.17) is 4.74 Å². The Morgan fingerprint density at radius 1 is 1.41 bits per heavy atom. The van der Waals surface area contributed by atoms with Crippen molar-refractivity contribution in [3.8, 4) is 0 Å². The lowest BCUT2D eigenvalue weighted by Gasteiger charge is -2.26. The fraction of sp³-hybridized carbons (Fsp3) is 0.867. The summed E-state index contributed by atoms with van der Waals surface area (Å²) >= 11 is 0. The molecule has 0 saturated carbocycles. The first-order chi connectivity index (χ1) is 10.2. The fourth-order valence-corrected chi connectivity index (χ4v) is 2.34. The van der Waals surface area contributed by atoms with Gasteiger partial charge in [-0.25, -0.2) is 0 Å². The summed E-state index contributed by atoms with van der Waals surface area (Å²) in [5.74, 6) is 1.38. The minimum atomic E-state index is -0.223. The monoisotopic (exact) mass is 427 g/mol. The number of nitrogens with one attached hydrogen (secondary N) is 1. The van der Waals surface area contributed by atoms with Crippen LogP contribution in [-0.4, -0.2) is 63.8 Å². The van der Waals surface area contributed by atoms with Crippen LogP contribution in [0.5, 0.6) is 0 Å². The van der Waals surface area contributed by atoms with Crippen molar-refractivity contribution in [2.24, 2.45) is 10.9 Å². The van der Waals surface area contributed by atoms with Gasteiger partial charge in [-0.15, -0.1) is 24.0 Å². The van der Waals surface area contributed by atoms with Gasteiger partial charge in [0.1, 0.15) is 0 Å². The molecule has 1 heterocycles. The first-order valence-corrected chi connectivity index (χ1v) is 7.81. The molecule has 1 rings (SSSR count). The van der Waals surface area contributed by atoms with Gasteiger partial charge in [0.15, 0.2) is 5.96 Å². The van der Waals surface area contributed by atoms with Gasteiger partial charge in [0.25, 0.3) is 0 Å². The minimum absolute atomic E-state index is 0. The van der Waals surface area contributed by atoms with Crippen molar-refractivity contribution in [1.29, 1.82) is 0 Å². The third kappa shape index (κ3) is 8.77. The van der Waals surface area contributed by atoms with E-state index in [9.17, 15) is 4.79 Å². The molecule has 1 saturated heterocycles. The lowest BCUT2D eigenvalue weighted by Crippen LogP contribution is -2.40. The molecule has 1 fully saturated rings. The molecule has 0 unspecified atom stereocenters. The number of rotatable bonds is 7. The number of guanidine groups is 1. The molecule has 0 atom stereocenters. The zero-order valence-electron chi connectivity index (χ0n) is 14.0. The van der Waals surface area contributed by atoms with Crippen LogP contribution >= 0.6 is 24.0 Å². The summed E-state index contributed by atoms with van der Waals surface area (Å²) in [4.78, 5) is 17.7. The lowest BCUT2D eigenvalue weighted by molar-refractivity contribution is -0.140. The van der Waals surface area contributed by atoms with E-state index >= 15 is 0 Å². The van der Waals surface area contributed by atoms with Crippen LogP contribution in [-0.2, 0) is 14.3 Å². The maximum absolute atomic E-state index is 11.1. The van der Waals surface area contributed by atoms with Gasteiger partial charge in [-0.3, -0.25) is 9.79 Å². The van der Waals surface area contributed by atoms with Gasteiger partial charge >= 0.3 is 5.97 Å². The van der Waals surface area contributed by atoms with Crippen LogP contribution in [0.3, 0.4) is 0 Å². The SMILES string of the molecule is CCNC(=NCCC(=O)OC)N(C)CCC1CCOCC1.I. The third-order valence-corrected chi connectivity index (χ3v) is 3.72.